The molecule has 0 spiro atoms. The van der Waals surface area contributed by atoms with Crippen LogP contribution in [-0.2, 0) is 0 Å². The second-order valence-electron chi connectivity index (χ2n) is 4.65. The predicted octanol–water partition coefficient (Wildman–Crippen LogP) is 4.21. The Kier molecular flexibility index (Phi) is 4.78. The highest BCUT2D eigenvalue weighted by atomic mass is 79.9. The van der Waals surface area contributed by atoms with Crippen molar-refractivity contribution in [3.8, 4) is 5.75 Å². The minimum Gasteiger partial charge on any atom is -0.496 e. The number of hydrogen-bond donors (Lipinski definition) is 1. The Hall–Kier alpha value is -1.39. The predicted molar refractivity (Wildman–Crippen MR) is 82.7 cm³/mol. The molecule has 0 aliphatic carbocycles. The summed E-state index contributed by atoms with van der Waals surface area (Å²) in [5.74, 6) is 0.601. The van der Waals surface area contributed by atoms with E-state index in [4.69, 9.17) is 4.74 Å². The van der Waals surface area contributed by atoms with Gasteiger partial charge in [0.2, 0.25) is 0 Å². The van der Waals surface area contributed by atoms with Gasteiger partial charge in [-0.3, -0.25) is 0 Å². The highest BCUT2D eigenvalue weighted by Crippen LogP contribution is 2.28. The molecule has 2 rings (SSSR count). The molecule has 0 radical (unpaired) electrons. The van der Waals surface area contributed by atoms with E-state index in [2.05, 4.69) is 27.3 Å². The van der Waals surface area contributed by atoms with E-state index in [-0.39, 0.29) is 11.9 Å². The second-order valence-corrected chi connectivity index (χ2v) is 5.57. The molecule has 2 aromatic rings. The van der Waals surface area contributed by atoms with Gasteiger partial charge in [-0.15, -0.1) is 0 Å². The molecule has 0 saturated heterocycles. The Morgan fingerprint density at radius 1 is 1.15 bits per heavy atom. The van der Waals surface area contributed by atoms with Gasteiger partial charge < -0.3 is 10.1 Å². The van der Waals surface area contributed by atoms with Crippen LogP contribution in [0, 0.1) is 12.7 Å². The van der Waals surface area contributed by atoms with Crippen LogP contribution in [0.2, 0.25) is 0 Å². The highest BCUT2D eigenvalue weighted by Gasteiger charge is 2.14. The van der Waals surface area contributed by atoms with Crippen LogP contribution in [-0.4, -0.2) is 14.2 Å². The summed E-state index contributed by atoms with van der Waals surface area (Å²) in [5, 5.41) is 3.23. The summed E-state index contributed by atoms with van der Waals surface area (Å²) in [6.45, 7) is 2.00. The molecule has 0 bridgehead atoms. The number of rotatable bonds is 4. The molecule has 2 aromatic carbocycles. The molecule has 1 N–H and O–H groups in total. The van der Waals surface area contributed by atoms with Crippen LogP contribution >= 0.6 is 15.9 Å². The summed E-state index contributed by atoms with van der Waals surface area (Å²) >= 11 is 3.33. The van der Waals surface area contributed by atoms with Crippen molar-refractivity contribution >= 4 is 15.9 Å². The molecule has 0 amide bonds. The van der Waals surface area contributed by atoms with Gasteiger partial charge in [0, 0.05) is 4.47 Å². The van der Waals surface area contributed by atoms with Gasteiger partial charge >= 0.3 is 0 Å². The first-order valence-electron chi connectivity index (χ1n) is 6.33. The number of nitrogens with one attached hydrogen (secondary N) is 1. The molecule has 0 heterocycles. The molecular weight excluding hydrogens is 321 g/mol. The van der Waals surface area contributed by atoms with Crippen LogP contribution in [0.15, 0.2) is 40.9 Å². The zero-order chi connectivity index (χ0) is 14.7. The third kappa shape index (κ3) is 3.19. The monoisotopic (exact) mass is 337 g/mol. The van der Waals surface area contributed by atoms with E-state index in [1.54, 1.807) is 13.2 Å². The van der Waals surface area contributed by atoms with E-state index >= 15 is 0 Å². The van der Waals surface area contributed by atoms with Crippen molar-refractivity contribution in [3.63, 3.8) is 0 Å². The quantitative estimate of drug-likeness (QED) is 0.902. The van der Waals surface area contributed by atoms with E-state index in [0.717, 1.165) is 26.9 Å². The largest absolute Gasteiger partial charge is 0.496 e. The lowest BCUT2D eigenvalue weighted by molar-refractivity contribution is 0.411. The van der Waals surface area contributed by atoms with Crippen molar-refractivity contribution in [1.82, 2.24) is 5.32 Å². The number of benzene rings is 2. The SMILES string of the molecule is CNC(c1cc(F)cc(Br)c1)c1ccc(OC)c(C)c1. The molecule has 0 fully saturated rings. The van der Waals surface area contributed by atoms with Crippen LogP contribution < -0.4 is 10.1 Å². The summed E-state index contributed by atoms with van der Waals surface area (Å²) < 4.78 is 19.6. The Morgan fingerprint density at radius 3 is 2.45 bits per heavy atom. The van der Waals surface area contributed by atoms with Crippen molar-refractivity contribution in [2.45, 2.75) is 13.0 Å². The summed E-state index contributed by atoms with van der Waals surface area (Å²) in [7, 11) is 3.52. The molecule has 0 saturated carbocycles. The first-order chi connectivity index (χ1) is 9.55. The van der Waals surface area contributed by atoms with Gasteiger partial charge in [0.15, 0.2) is 0 Å². The molecule has 20 heavy (non-hydrogen) atoms. The fraction of sp³-hybridized carbons (Fsp3) is 0.250. The second kappa shape index (κ2) is 6.37. The maximum Gasteiger partial charge on any atom is 0.124 e. The molecule has 0 aliphatic rings. The van der Waals surface area contributed by atoms with E-state index < -0.39 is 0 Å². The maximum atomic E-state index is 13.6. The zero-order valence-corrected chi connectivity index (χ0v) is 13.3. The zero-order valence-electron chi connectivity index (χ0n) is 11.7. The Balaban J connectivity index is 2.44. The van der Waals surface area contributed by atoms with Crippen molar-refractivity contribution in [2.24, 2.45) is 0 Å². The van der Waals surface area contributed by atoms with E-state index in [0.29, 0.717) is 0 Å². The number of hydrogen-bond acceptors (Lipinski definition) is 2. The van der Waals surface area contributed by atoms with Gasteiger partial charge in [-0.1, -0.05) is 28.1 Å². The molecule has 106 valence electrons. The number of halogens is 2. The van der Waals surface area contributed by atoms with Crippen molar-refractivity contribution in [3.05, 3.63) is 63.4 Å². The topological polar surface area (TPSA) is 21.3 Å². The van der Waals surface area contributed by atoms with Gasteiger partial charge in [0.25, 0.3) is 0 Å². The van der Waals surface area contributed by atoms with Gasteiger partial charge in [0.05, 0.1) is 13.2 Å². The van der Waals surface area contributed by atoms with Crippen molar-refractivity contribution < 1.29 is 9.13 Å². The lowest BCUT2D eigenvalue weighted by Crippen LogP contribution is -2.18. The number of methoxy groups -OCH3 is 1. The third-order valence-electron chi connectivity index (χ3n) is 3.26. The van der Waals surface area contributed by atoms with Gasteiger partial charge in [-0.05, 0) is 54.9 Å². The Labute approximate surface area is 127 Å². The van der Waals surface area contributed by atoms with Crippen LogP contribution in [0.1, 0.15) is 22.7 Å². The smallest absolute Gasteiger partial charge is 0.124 e. The lowest BCUT2D eigenvalue weighted by atomic mass is 9.97. The van der Waals surface area contributed by atoms with Crippen LogP contribution in [0.4, 0.5) is 4.39 Å². The summed E-state index contributed by atoms with van der Waals surface area (Å²) in [6.07, 6.45) is 0. The van der Waals surface area contributed by atoms with Crippen LogP contribution in [0.3, 0.4) is 0 Å². The molecule has 1 unspecified atom stereocenters. The molecule has 4 heteroatoms. The van der Waals surface area contributed by atoms with E-state index in [1.807, 2.05) is 32.2 Å². The molecule has 1 atom stereocenters. The average molecular weight is 338 g/mol. The highest BCUT2D eigenvalue weighted by molar-refractivity contribution is 9.10. The van der Waals surface area contributed by atoms with Crippen molar-refractivity contribution in [2.75, 3.05) is 14.2 Å². The maximum absolute atomic E-state index is 13.6. The van der Waals surface area contributed by atoms with E-state index in [9.17, 15) is 4.39 Å². The fourth-order valence-corrected chi connectivity index (χ4v) is 2.83. The lowest BCUT2D eigenvalue weighted by Gasteiger charge is -2.19. The summed E-state index contributed by atoms with van der Waals surface area (Å²) in [4.78, 5) is 0. The molecule has 0 aromatic heterocycles. The first-order valence-corrected chi connectivity index (χ1v) is 7.12. The number of ether oxygens (including phenoxy) is 1. The Morgan fingerprint density at radius 2 is 1.90 bits per heavy atom. The third-order valence-corrected chi connectivity index (χ3v) is 3.72. The standard InChI is InChI=1S/C16H17BrFNO/c1-10-6-11(4-5-15(10)20-3)16(19-2)12-7-13(17)9-14(18)8-12/h4-9,16,19H,1-3H3. The average Bonchev–Trinajstić information content (AvgIpc) is 2.38. The van der Waals surface area contributed by atoms with Gasteiger partial charge in [-0.2, -0.15) is 0 Å². The van der Waals surface area contributed by atoms with Crippen LogP contribution in [0.5, 0.6) is 5.75 Å². The molecular formula is C16H17BrFNO. The van der Waals surface area contributed by atoms with Crippen molar-refractivity contribution in [1.29, 1.82) is 0 Å². The summed E-state index contributed by atoms with van der Waals surface area (Å²) in [5.41, 5.74) is 3.01. The first kappa shape index (κ1) is 15.0. The minimum atomic E-state index is -0.250. The van der Waals surface area contributed by atoms with E-state index in [1.165, 1.54) is 6.07 Å². The minimum absolute atomic E-state index is 0.0633. The summed E-state index contributed by atoms with van der Waals surface area (Å²) in [6, 6.07) is 10.8. The molecule has 0 aliphatic heterocycles. The van der Waals surface area contributed by atoms with Gasteiger partial charge in [-0.25, -0.2) is 4.39 Å². The number of aryl methyl sites for hydroxylation is 1. The molecule has 2 nitrogen and oxygen atoms in total. The van der Waals surface area contributed by atoms with Gasteiger partial charge in [0.1, 0.15) is 11.6 Å². The van der Waals surface area contributed by atoms with Crippen LogP contribution in [0.25, 0.3) is 0 Å². The normalized spacial score (nSPS) is 12.2. The Bertz CT molecular complexity index is 595. The fourth-order valence-electron chi connectivity index (χ4n) is 2.35.